The van der Waals surface area contributed by atoms with Gasteiger partial charge in [0.15, 0.2) is 0 Å². The third-order valence-electron chi connectivity index (χ3n) is 1.63. The van der Waals surface area contributed by atoms with Crippen LogP contribution < -0.4 is 4.74 Å². The minimum absolute atomic E-state index is 0.0973. The fourth-order valence-electron chi connectivity index (χ4n) is 1.04. The topological polar surface area (TPSA) is 59.4 Å². The maximum Gasteiger partial charge on any atom is 0.309 e. The first-order valence-electron chi connectivity index (χ1n) is 4.52. The third kappa shape index (κ3) is 3.05. The van der Waals surface area contributed by atoms with Crippen LogP contribution in [0.1, 0.15) is 19.0 Å². The SMILES string of the molecule is CCCOc1cccnc1CC(=O)O. The molecule has 14 heavy (non-hydrogen) atoms. The molecule has 0 amide bonds. The number of hydrogen-bond acceptors (Lipinski definition) is 3. The Kier molecular flexibility index (Phi) is 3.91. The van der Waals surface area contributed by atoms with E-state index < -0.39 is 5.97 Å². The smallest absolute Gasteiger partial charge is 0.309 e. The van der Waals surface area contributed by atoms with Gasteiger partial charge in [0.25, 0.3) is 0 Å². The van der Waals surface area contributed by atoms with Crippen LogP contribution in [0.5, 0.6) is 5.75 Å². The van der Waals surface area contributed by atoms with Crippen molar-refractivity contribution in [2.75, 3.05) is 6.61 Å². The molecule has 1 rings (SSSR count). The van der Waals surface area contributed by atoms with Crippen LogP contribution in [0.4, 0.5) is 0 Å². The molecule has 0 radical (unpaired) electrons. The zero-order valence-corrected chi connectivity index (χ0v) is 8.06. The maximum atomic E-state index is 10.5. The van der Waals surface area contributed by atoms with E-state index in [0.29, 0.717) is 18.1 Å². The summed E-state index contributed by atoms with van der Waals surface area (Å²) >= 11 is 0. The molecular weight excluding hydrogens is 182 g/mol. The van der Waals surface area contributed by atoms with Gasteiger partial charge in [0.2, 0.25) is 0 Å². The predicted octanol–water partition coefficient (Wildman–Crippen LogP) is 1.50. The Labute approximate surface area is 82.5 Å². The van der Waals surface area contributed by atoms with E-state index in [2.05, 4.69) is 4.98 Å². The van der Waals surface area contributed by atoms with Crippen LogP contribution in [0.25, 0.3) is 0 Å². The van der Waals surface area contributed by atoms with Gasteiger partial charge in [-0.25, -0.2) is 0 Å². The summed E-state index contributed by atoms with van der Waals surface area (Å²) < 4.78 is 5.36. The minimum atomic E-state index is -0.898. The molecule has 1 N–H and O–H groups in total. The average molecular weight is 195 g/mol. The zero-order valence-electron chi connectivity index (χ0n) is 8.06. The second kappa shape index (κ2) is 5.21. The first-order chi connectivity index (χ1) is 6.74. The number of nitrogens with zero attached hydrogens (tertiary/aromatic N) is 1. The van der Waals surface area contributed by atoms with Crippen molar-refractivity contribution in [2.24, 2.45) is 0 Å². The highest BCUT2D eigenvalue weighted by molar-refractivity contribution is 5.70. The lowest BCUT2D eigenvalue weighted by Gasteiger charge is -2.07. The lowest BCUT2D eigenvalue weighted by molar-refractivity contribution is -0.136. The number of aromatic nitrogens is 1. The first-order valence-corrected chi connectivity index (χ1v) is 4.52. The Morgan fingerprint density at radius 3 is 3.07 bits per heavy atom. The summed E-state index contributed by atoms with van der Waals surface area (Å²) in [5, 5.41) is 8.62. The lowest BCUT2D eigenvalue weighted by atomic mass is 10.2. The summed E-state index contributed by atoms with van der Waals surface area (Å²) in [7, 11) is 0. The Hall–Kier alpha value is -1.58. The molecule has 0 fully saturated rings. The number of aliphatic carboxylic acids is 1. The number of rotatable bonds is 5. The van der Waals surface area contributed by atoms with Gasteiger partial charge in [0.1, 0.15) is 5.75 Å². The first kappa shape index (κ1) is 10.5. The van der Waals surface area contributed by atoms with E-state index >= 15 is 0 Å². The molecule has 0 aliphatic rings. The van der Waals surface area contributed by atoms with E-state index in [1.807, 2.05) is 6.92 Å². The van der Waals surface area contributed by atoms with Crippen LogP contribution in [0.3, 0.4) is 0 Å². The van der Waals surface area contributed by atoms with Crippen LogP contribution in [0.2, 0.25) is 0 Å². The molecule has 0 atom stereocenters. The molecular formula is C10H13NO3. The fourth-order valence-corrected chi connectivity index (χ4v) is 1.04. The molecule has 0 aliphatic carbocycles. The summed E-state index contributed by atoms with van der Waals surface area (Å²) in [6.07, 6.45) is 2.36. The van der Waals surface area contributed by atoms with Crippen LogP contribution in [-0.2, 0) is 11.2 Å². The zero-order chi connectivity index (χ0) is 10.4. The number of carboxylic acids is 1. The molecule has 0 saturated carbocycles. The quantitative estimate of drug-likeness (QED) is 0.773. The van der Waals surface area contributed by atoms with Gasteiger partial charge in [0.05, 0.1) is 18.7 Å². The van der Waals surface area contributed by atoms with Crippen molar-refractivity contribution >= 4 is 5.97 Å². The van der Waals surface area contributed by atoms with Crippen molar-refractivity contribution in [1.29, 1.82) is 0 Å². The molecule has 4 heteroatoms. The van der Waals surface area contributed by atoms with Crippen LogP contribution in [0, 0.1) is 0 Å². The highest BCUT2D eigenvalue weighted by Gasteiger charge is 2.08. The fraction of sp³-hybridized carbons (Fsp3) is 0.400. The molecule has 1 heterocycles. The van der Waals surface area contributed by atoms with Crippen LogP contribution >= 0.6 is 0 Å². The predicted molar refractivity (Wildman–Crippen MR) is 51.4 cm³/mol. The van der Waals surface area contributed by atoms with Crippen LogP contribution in [0.15, 0.2) is 18.3 Å². The Morgan fingerprint density at radius 2 is 2.43 bits per heavy atom. The third-order valence-corrected chi connectivity index (χ3v) is 1.63. The second-order valence-electron chi connectivity index (χ2n) is 2.87. The molecule has 4 nitrogen and oxygen atoms in total. The van der Waals surface area contributed by atoms with Crippen molar-refractivity contribution in [3.63, 3.8) is 0 Å². The standard InChI is InChI=1S/C10H13NO3/c1-2-6-14-9-4-3-5-11-8(9)7-10(12)13/h3-5H,2,6-7H2,1H3,(H,12,13). The molecule has 0 bridgehead atoms. The second-order valence-corrected chi connectivity index (χ2v) is 2.87. The van der Waals surface area contributed by atoms with Crippen molar-refractivity contribution in [2.45, 2.75) is 19.8 Å². The van der Waals surface area contributed by atoms with Crippen LogP contribution in [-0.4, -0.2) is 22.7 Å². The van der Waals surface area contributed by atoms with Gasteiger partial charge in [-0.1, -0.05) is 6.92 Å². The summed E-state index contributed by atoms with van der Waals surface area (Å²) in [5.74, 6) is -0.332. The van der Waals surface area contributed by atoms with E-state index in [4.69, 9.17) is 9.84 Å². The van der Waals surface area contributed by atoms with E-state index in [9.17, 15) is 4.79 Å². The normalized spacial score (nSPS) is 9.79. The highest BCUT2D eigenvalue weighted by atomic mass is 16.5. The number of ether oxygens (including phenoxy) is 1. The van der Waals surface area contributed by atoms with Gasteiger partial charge >= 0.3 is 5.97 Å². The molecule has 0 saturated heterocycles. The van der Waals surface area contributed by atoms with Gasteiger partial charge in [-0.15, -0.1) is 0 Å². The van der Waals surface area contributed by atoms with E-state index in [1.54, 1.807) is 18.3 Å². The lowest BCUT2D eigenvalue weighted by Crippen LogP contribution is -2.06. The number of hydrogen-bond donors (Lipinski definition) is 1. The number of pyridine rings is 1. The number of carboxylic acid groups (broad SMARTS) is 1. The molecule has 0 aromatic carbocycles. The van der Waals surface area contributed by atoms with Gasteiger partial charge in [-0.2, -0.15) is 0 Å². The summed E-state index contributed by atoms with van der Waals surface area (Å²) in [4.78, 5) is 14.5. The van der Waals surface area contributed by atoms with Crippen molar-refractivity contribution in [3.05, 3.63) is 24.0 Å². The van der Waals surface area contributed by atoms with Gasteiger partial charge in [-0.05, 0) is 18.6 Å². The highest BCUT2D eigenvalue weighted by Crippen LogP contribution is 2.15. The van der Waals surface area contributed by atoms with E-state index in [-0.39, 0.29) is 6.42 Å². The molecule has 0 unspecified atom stereocenters. The minimum Gasteiger partial charge on any atom is -0.492 e. The summed E-state index contributed by atoms with van der Waals surface area (Å²) in [5.41, 5.74) is 0.480. The molecule has 0 aliphatic heterocycles. The van der Waals surface area contributed by atoms with Crippen molar-refractivity contribution < 1.29 is 14.6 Å². The van der Waals surface area contributed by atoms with E-state index in [0.717, 1.165) is 6.42 Å². The molecule has 1 aromatic rings. The Bertz CT molecular complexity index is 312. The van der Waals surface area contributed by atoms with Gasteiger partial charge in [-0.3, -0.25) is 9.78 Å². The summed E-state index contributed by atoms with van der Waals surface area (Å²) in [6, 6.07) is 3.47. The Morgan fingerprint density at radius 1 is 1.64 bits per heavy atom. The number of carbonyl (C=O) groups is 1. The van der Waals surface area contributed by atoms with Crippen molar-refractivity contribution in [1.82, 2.24) is 4.98 Å². The Balaban J connectivity index is 2.74. The van der Waals surface area contributed by atoms with Crippen molar-refractivity contribution in [3.8, 4) is 5.75 Å². The van der Waals surface area contributed by atoms with Gasteiger partial charge < -0.3 is 9.84 Å². The molecule has 76 valence electrons. The van der Waals surface area contributed by atoms with E-state index in [1.165, 1.54) is 0 Å². The molecule has 0 spiro atoms. The molecule has 1 aromatic heterocycles. The monoisotopic (exact) mass is 195 g/mol. The summed E-state index contributed by atoms with van der Waals surface area (Å²) in [6.45, 7) is 2.57. The average Bonchev–Trinajstić information content (AvgIpc) is 2.16. The maximum absolute atomic E-state index is 10.5. The van der Waals surface area contributed by atoms with Gasteiger partial charge in [0, 0.05) is 6.20 Å². The largest absolute Gasteiger partial charge is 0.492 e.